The third kappa shape index (κ3) is 2.15. The Labute approximate surface area is 111 Å². The van der Waals surface area contributed by atoms with Crippen molar-refractivity contribution in [2.24, 2.45) is 0 Å². The van der Waals surface area contributed by atoms with Gasteiger partial charge in [-0.15, -0.1) is 11.3 Å². The Morgan fingerprint density at radius 3 is 3.17 bits per heavy atom. The molecule has 1 atom stereocenters. The lowest BCUT2D eigenvalue weighted by Gasteiger charge is -2.25. The van der Waals surface area contributed by atoms with E-state index in [-0.39, 0.29) is 0 Å². The van der Waals surface area contributed by atoms with Gasteiger partial charge in [-0.25, -0.2) is 9.97 Å². The summed E-state index contributed by atoms with van der Waals surface area (Å²) in [5, 5.41) is 3.51. The lowest BCUT2D eigenvalue weighted by atomic mass is 9.92. The molecule has 1 N–H and O–H groups in total. The number of aryl methyl sites for hydroxylation is 1. The number of nitrogens with zero attached hydrogens (tertiary/aromatic N) is 3. The Hall–Kier alpha value is -1.33. The maximum absolute atomic E-state index is 4.71. The maximum Gasteiger partial charge on any atom is 0.171 e. The number of fused-ring (bicyclic) bond motifs is 1. The number of thiazole rings is 1. The molecule has 2 heterocycles. The van der Waals surface area contributed by atoms with Crippen LogP contribution in [0.5, 0.6) is 0 Å². The van der Waals surface area contributed by atoms with Gasteiger partial charge in [0, 0.05) is 29.7 Å². The molecule has 1 aliphatic carbocycles. The van der Waals surface area contributed by atoms with Crippen LogP contribution in [0.1, 0.15) is 37.1 Å². The van der Waals surface area contributed by atoms with Gasteiger partial charge in [-0.05, 0) is 25.8 Å². The van der Waals surface area contributed by atoms with Gasteiger partial charge in [-0.1, -0.05) is 6.92 Å². The summed E-state index contributed by atoms with van der Waals surface area (Å²) >= 11 is 1.59. The topological polar surface area (TPSA) is 50.7 Å². The predicted molar refractivity (Wildman–Crippen MR) is 72.5 cm³/mol. The molecular formula is C13H16N4S. The van der Waals surface area contributed by atoms with E-state index in [0.29, 0.717) is 6.04 Å². The zero-order chi connectivity index (χ0) is 12.4. The summed E-state index contributed by atoms with van der Waals surface area (Å²) in [5.41, 5.74) is 4.29. The predicted octanol–water partition coefficient (Wildman–Crippen LogP) is 2.59. The molecule has 0 bridgehead atoms. The molecule has 0 radical (unpaired) electrons. The summed E-state index contributed by atoms with van der Waals surface area (Å²) in [4.78, 5) is 14.3. The van der Waals surface area contributed by atoms with Crippen LogP contribution in [-0.2, 0) is 6.42 Å². The summed E-state index contributed by atoms with van der Waals surface area (Å²) in [7, 11) is 0. The van der Waals surface area contributed by atoms with E-state index in [4.69, 9.17) is 4.98 Å². The van der Waals surface area contributed by atoms with Crippen molar-refractivity contribution in [3.8, 4) is 10.7 Å². The van der Waals surface area contributed by atoms with E-state index >= 15 is 0 Å². The fourth-order valence-corrected chi connectivity index (χ4v) is 3.01. The van der Waals surface area contributed by atoms with E-state index in [0.717, 1.165) is 23.7 Å². The average Bonchev–Trinajstić information content (AvgIpc) is 2.93. The van der Waals surface area contributed by atoms with Crippen LogP contribution in [0.2, 0.25) is 0 Å². The largest absolute Gasteiger partial charge is 0.310 e. The van der Waals surface area contributed by atoms with Gasteiger partial charge in [-0.2, -0.15) is 0 Å². The highest BCUT2D eigenvalue weighted by atomic mass is 32.1. The minimum atomic E-state index is 0.425. The van der Waals surface area contributed by atoms with Crippen molar-refractivity contribution in [1.29, 1.82) is 0 Å². The first-order valence-electron chi connectivity index (χ1n) is 6.36. The molecule has 18 heavy (non-hydrogen) atoms. The van der Waals surface area contributed by atoms with Gasteiger partial charge >= 0.3 is 0 Å². The first kappa shape index (κ1) is 11.7. The molecule has 1 aliphatic rings. The third-order valence-electron chi connectivity index (χ3n) is 3.29. The Bertz CT molecular complexity index is 524. The van der Waals surface area contributed by atoms with Crippen LogP contribution in [0.4, 0.5) is 0 Å². The molecule has 0 fully saturated rings. The van der Waals surface area contributed by atoms with Crippen molar-refractivity contribution in [2.75, 3.05) is 6.54 Å². The van der Waals surface area contributed by atoms with Crippen molar-refractivity contribution >= 4 is 11.3 Å². The van der Waals surface area contributed by atoms with Crippen LogP contribution in [0.15, 0.2) is 17.9 Å². The molecule has 94 valence electrons. The SMILES string of the molecule is CCNC1CCCc2nc(-c3cncs3)ncc21. The quantitative estimate of drug-likeness (QED) is 0.921. The number of hydrogen-bond donors (Lipinski definition) is 1. The molecule has 1 unspecified atom stereocenters. The van der Waals surface area contributed by atoms with Crippen molar-refractivity contribution in [2.45, 2.75) is 32.2 Å². The Morgan fingerprint density at radius 1 is 1.44 bits per heavy atom. The second kappa shape index (κ2) is 5.12. The monoisotopic (exact) mass is 260 g/mol. The van der Waals surface area contributed by atoms with Gasteiger partial charge in [0.1, 0.15) is 0 Å². The molecule has 0 saturated carbocycles. The molecule has 0 saturated heterocycles. The standard InChI is InChI=1S/C13H16N4S/c1-2-15-10-4-3-5-11-9(10)6-16-13(17-11)12-7-14-8-18-12/h6-8,10,15H,2-5H2,1H3. The van der Waals surface area contributed by atoms with Gasteiger partial charge in [0.15, 0.2) is 5.82 Å². The van der Waals surface area contributed by atoms with Crippen molar-refractivity contribution < 1.29 is 0 Å². The van der Waals surface area contributed by atoms with Crippen molar-refractivity contribution in [1.82, 2.24) is 20.3 Å². The molecule has 4 nitrogen and oxygen atoms in total. The Balaban J connectivity index is 1.95. The average molecular weight is 260 g/mol. The second-order valence-electron chi connectivity index (χ2n) is 4.46. The number of rotatable bonds is 3. The number of hydrogen-bond acceptors (Lipinski definition) is 5. The second-order valence-corrected chi connectivity index (χ2v) is 5.35. The first-order valence-corrected chi connectivity index (χ1v) is 7.24. The highest BCUT2D eigenvalue weighted by Crippen LogP contribution is 2.29. The normalized spacial score (nSPS) is 18.6. The molecular weight excluding hydrogens is 244 g/mol. The number of nitrogens with one attached hydrogen (secondary N) is 1. The zero-order valence-corrected chi connectivity index (χ0v) is 11.2. The minimum absolute atomic E-state index is 0.425. The maximum atomic E-state index is 4.71. The van der Waals surface area contributed by atoms with E-state index < -0.39 is 0 Å². The fourth-order valence-electron chi connectivity index (χ4n) is 2.45. The van der Waals surface area contributed by atoms with Crippen LogP contribution in [-0.4, -0.2) is 21.5 Å². The highest BCUT2D eigenvalue weighted by molar-refractivity contribution is 7.13. The molecule has 2 aromatic rings. The molecule has 0 amide bonds. The van der Waals surface area contributed by atoms with Crippen LogP contribution < -0.4 is 5.32 Å². The van der Waals surface area contributed by atoms with E-state index in [9.17, 15) is 0 Å². The highest BCUT2D eigenvalue weighted by Gasteiger charge is 2.21. The van der Waals surface area contributed by atoms with Gasteiger partial charge < -0.3 is 5.32 Å². The van der Waals surface area contributed by atoms with E-state index in [2.05, 4.69) is 22.2 Å². The van der Waals surface area contributed by atoms with Gasteiger partial charge in [0.25, 0.3) is 0 Å². The smallest absolute Gasteiger partial charge is 0.171 e. The molecule has 0 spiro atoms. The van der Waals surface area contributed by atoms with E-state index in [1.807, 2.05) is 17.9 Å². The summed E-state index contributed by atoms with van der Waals surface area (Å²) in [5.74, 6) is 0.813. The molecule has 3 rings (SSSR count). The third-order valence-corrected chi connectivity index (χ3v) is 4.05. The molecule has 0 aromatic carbocycles. The van der Waals surface area contributed by atoms with Crippen LogP contribution in [0.25, 0.3) is 10.7 Å². The van der Waals surface area contributed by atoms with Crippen LogP contribution in [0, 0.1) is 0 Å². The summed E-state index contributed by atoms with van der Waals surface area (Å²) in [6.45, 7) is 3.13. The lowest BCUT2D eigenvalue weighted by molar-refractivity contribution is 0.464. The van der Waals surface area contributed by atoms with Gasteiger partial charge in [0.2, 0.25) is 0 Å². The fraction of sp³-hybridized carbons (Fsp3) is 0.462. The van der Waals surface area contributed by atoms with Crippen LogP contribution >= 0.6 is 11.3 Å². The van der Waals surface area contributed by atoms with Gasteiger partial charge in [-0.3, -0.25) is 4.98 Å². The molecule has 5 heteroatoms. The summed E-state index contributed by atoms with van der Waals surface area (Å²) in [6, 6.07) is 0.425. The first-order chi connectivity index (χ1) is 8.88. The van der Waals surface area contributed by atoms with Crippen molar-refractivity contribution in [3.63, 3.8) is 0 Å². The Morgan fingerprint density at radius 2 is 2.39 bits per heavy atom. The minimum Gasteiger partial charge on any atom is -0.310 e. The summed E-state index contributed by atoms with van der Waals surface area (Å²) in [6.07, 6.45) is 7.26. The van der Waals surface area contributed by atoms with E-state index in [1.165, 1.54) is 24.1 Å². The Kier molecular flexibility index (Phi) is 3.34. The van der Waals surface area contributed by atoms with Crippen LogP contribution in [0.3, 0.4) is 0 Å². The van der Waals surface area contributed by atoms with E-state index in [1.54, 1.807) is 11.3 Å². The number of aromatic nitrogens is 3. The molecule has 2 aromatic heterocycles. The van der Waals surface area contributed by atoms with Crippen molar-refractivity contribution in [3.05, 3.63) is 29.2 Å². The zero-order valence-electron chi connectivity index (χ0n) is 10.4. The van der Waals surface area contributed by atoms with Gasteiger partial charge in [0.05, 0.1) is 10.4 Å². The molecule has 0 aliphatic heterocycles. The lowest BCUT2D eigenvalue weighted by Crippen LogP contribution is -2.25. The summed E-state index contributed by atoms with van der Waals surface area (Å²) < 4.78 is 0.